The van der Waals surface area contributed by atoms with Gasteiger partial charge in [-0.05, 0) is 50.1 Å². The molecular formula is C30H40F3N5O2. The zero-order valence-electron chi connectivity index (χ0n) is 24.4. The van der Waals surface area contributed by atoms with E-state index in [0.717, 1.165) is 49.8 Å². The number of Topliss-reactive ketones (excluding diaryl/α,β-unsaturated/α-hetero) is 1. The summed E-state index contributed by atoms with van der Waals surface area (Å²) < 4.78 is 40.5. The van der Waals surface area contributed by atoms with Crippen molar-refractivity contribution in [1.82, 2.24) is 14.9 Å². The quantitative estimate of drug-likeness (QED) is 0.324. The van der Waals surface area contributed by atoms with E-state index in [1.165, 1.54) is 0 Å². The lowest BCUT2D eigenvalue weighted by atomic mass is 9.76. The summed E-state index contributed by atoms with van der Waals surface area (Å²) in [5, 5.41) is 0. The lowest BCUT2D eigenvalue weighted by molar-refractivity contribution is -0.141. The minimum atomic E-state index is -4.53. The Morgan fingerprint density at radius 1 is 0.975 bits per heavy atom. The van der Waals surface area contributed by atoms with E-state index in [1.807, 2.05) is 56.6 Å². The molecule has 3 heterocycles. The summed E-state index contributed by atoms with van der Waals surface area (Å²) in [6, 6.07) is 6.67. The highest BCUT2D eigenvalue weighted by Crippen LogP contribution is 2.41. The number of fused-ring (bicyclic) bond motifs is 1. The third-order valence-corrected chi connectivity index (χ3v) is 7.79. The minimum absolute atomic E-state index is 0.0114. The number of halogens is 3. The van der Waals surface area contributed by atoms with Crippen LogP contribution < -0.4 is 9.80 Å². The van der Waals surface area contributed by atoms with Gasteiger partial charge in [-0.2, -0.15) is 13.2 Å². The number of aromatic nitrogens is 2. The summed E-state index contributed by atoms with van der Waals surface area (Å²) in [5.74, 6) is 0.621. The van der Waals surface area contributed by atoms with Gasteiger partial charge in [-0.25, -0.2) is 9.97 Å². The van der Waals surface area contributed by atoms with Gasteiger partial charge in [0.15, 0.2) is 5.78 Å². The molecule has 1 aromatic heterocycles. The Kier molecular flexibility index (Phi) is 8.32. The van der Waals surface area contributed by atoms with Crippen LogP contribution in [0.2, 0.25) is 0 Å². The molecule has 1 fully saturated rings. The summed E-state index contributed by atoms with van der Waals surface area (Å²) in [6.45, 7) is 15.1. The third kappa shape index (κ3) is 6.65. The molecule has 1 saturated heterocycles. The van der Waals surface area contributed by atoms with Crippen LogP contribution in [0.1, 0.15) is 88.2 Å². The number of amides is 1. The molecule has 4 rings (SSSR count). The maximum Gasteiger partial charge on any atom is 0.433 e. The van der Waals surface area contributed by atoms with Gasteiger partial charge < -0.3 is 9.80 Å². The molecule has 2 aliphatic heterocycles. The fraction of sp³-hybridized carbons (Fsp3) is 0.600. The van der Waals surface area contributed by atoms with Crippen molar-refractivity contribution in [3.8, 4) is 0 Å². The average molecular weight is 560 g/mol. The zero-order chi connectivity index (χ0) is 29.5. The number of piperazine rings is 1. The number of benzene rings is 1. The monoisotopic (exact) mass is 559 g/mol. The molecule has 0 aliphatic carbocycles. The molecule has 0 saturated carbocycles. The van der Waals surface area contributed by atoms with Crippen molar-refractivity contribution in [1.29, 1.82) is 0 Å². The van der Waals surface area contributed by atoms with Gasteiger partial charge in [0.2, 0.25) is 5.91 Å². The van der Waals surface area contributed by atoms with Gasteiger partial charge in [0.1, 0.15) is 17.3 Å². The maximum absolute atomic E-state index is 13.5. The second-order valence-corrected chi connectivity index (χ2v) is 12.6. The van der Waals surface area contributed by atoms with E-state index >= 15 is 0 Å². The minimum Gasteiger partial charge on any atom is -0.354 e. The Hall–Kier alpha value is -3.01. The summed E-state index contributed by atoms with van der Waals surface area (Å²) in [7, 11) is 0. The van der Waals surface area contributed by atoms with E-state index in [4.69, 9.17) is 0 Å². The predicted octanol–water partition coefficient (Wildman–Crippen LogP) is 5.61. The Labute approximate surface area is 234 Å². The summed E-state index contributed by atoms with van der Waals surface area (Å²) in [6.07, 6.45) is -2.40. The van der Waals surface area contributed by atoms with Gasteiger partial charge in [-0.1, -0.05) is 34.6 Å². The number of ketones is 1. The van der Waals surface area contributed by atoms with E-state index in [0.29, 0.717) is 37.4 Å². The van der Waals surface area contributed by atoms with Crippen molar-refractivity contribution in [3.05, 3.63) is 46.9 Å². The normalized spacial score (nSPS) is 18.2. The zero-order valence-corrected chi connectivity index (χ0v) is 24.4. The number of hydrogen-bond donors (Lipinski definition) is 0. The van der Waals surface area contributed by atoms with Crippen LogP contribution in [0.4, 0.5) is 24.7 Å². The van der Waals surface area contributed by atoms with Crippen molar-refractivity contribution >= 4 is 23.2 Å². The van der Waals surface area contributed by atoms with Crippen LogP contribution in [0, 0.1) is 0 Å². The largest absolute Gasteiger partial charge is 0.433 e. The van der Waals surface area contributed by atoms with E-state index in [-0.39, 0.29) is 22.9 Å². The molecule has 0 unspecified atom stereocenters. The topological polar surface area (TPSA) is 69.6 Å². The van der Waals surface area contributed by atoms with Gasteiger partial charge in [-0.3, -0.25) is 14.5 Å². The van der Waals surface area contributed by atoms with Crippen molar-refractivity contribution in [3.63, 3.8) is 0 Å². The van der Waals surface area contributed by atoms with E-state index in [2.05, 4.69) is 14.9 Å². The average Bonchev–Trinajstić information content (AvgIpc) is 2.86. The number of hydrogen-bond acceptors (Lipinski definition) is 6. The Morgan fingerprint density at radius 2 is 1.62 bits per heavy atom. The van der Waals surface area contributed by atoms with Crippen LogP contribution in [-0.4, -0.2) is 65.8 Å². The fourth-order valence-corrected chi connectivity index (χ4v) is 5.36. The first-order valence-corrected chi connectivity index (χ1v) is 14.0. The van der Waals surface area contributed by atoms with Gasteiger partial charge in [-0.15, -0.1) is 0 Å². The molecule has 2 aromatic rings. The molecule has 218 valence electrons. The van der Waals surface area contributed by atoms with Crippen molar-refractivity contribution in [2.24, 2.45) is 0 Å². The smallest absolute Gasteiger partial charge is 0.354 e. The summed E-state index contributed by atoms with van der Waals surface area (Å²) >= 11 is 0. The van der Waals surface area contributed by atoms with Crippen LogP contribution >= 0.6 is 0 Å². The molecular weight excluding hydrogens is 519 g/mol. The Morgan fingerprint density at radius 3 is 2.23 bits per heavy atom. The predicted molar refractivity (Wildman–Crippen MR) is 150 cm³/mol. The van der Waals surface area contributed by atoms with Crippen molar-refractivity contribution in [2.75, 3.05) is 49.1 Å². The van der Waals surface area contributed by atoms with Gasteiger partial charge in [0.25, 0.3) is 0 Å². The molecule has 0 bridgehead atoms. The highest BCUT2D eigenvalue weighted by molar-refractivity contribution is 6.00. The second-order valence-electron chi connectivity index (χ2n) is 12.6. The van der Waals surface area contributed by atoms with Crippen LogP contribution in [0.15, 0.2) is 24.3 Å². The van der Waals surface area contributed by atoms with Gasteiger partial charge in [0, 0.05) is 67.3 Å². The van der Waals surface area contributed by atoms with Crippen LogP contribution in [0.3, 0.4) is 0 Å². The van der Waals surface area contributed by atoms with Gasteiger partial charge in [0.05, 0.1) is 0 Å². The summed E-state index contributed by atoms with van der Waals surface area (Å²) in [5.41, 5.74) is 0.749. The second kappa shape index (κ2) is 11.1. The van der Waals surface area contributed by atoms with Crippen LogP contribution in [0.25, 0.3) is 0 Å². The number of anilines is 2. The number of alkyl halides is 3. The molecule has 0 atom stereocenters. The number of nitrogens with zero attached hydrogens (tertiary/aromatic N) is 5. The Balaban J connectivity index is 1.33. The molecule has 1 aromatic carbocycles. The van der Waals surface area contributed by atoms with Crippen LogP contribution in [-0.2, 0) is 21.8 Å². The molecule has 40 heavy (non-hydrogen) atoms. The lowest BCUT2D eigenvalue weighted by Crippen LogP contribution is -2.47. The number of carbonyl (C=O) groups is 2. The number of unbranched alkanes of at least 4 members (excludes halogenated alkanes) is 1. The molecule has 7 nitrogen and oxygen atoms in total. The lowest BCUT2D eigenvalue weighted by Gasteiger charge is -2.39. The first-order chi connectivity index (χ1) is 18.6. The molecule has 10 heteroatoms. The Bertz CT molecular complexity index is 1230. The van der Waals surface area contributed by atoms with E-state index in [1.54, 1.807) is 13.0 Å². The molecule has 2 aliphatic rings. The standard InChI is InChI=1S/C30H40F3N5O2/c1-20(39)21-9-10-23-22(17-21)29(5,6)19-26(40)38(23)12-8-7-11-36-13-15-37(16-14-36)25-18-24(30(31,32)33)34-27(35-25)28(2,3)4/h9-10,17-18H,7-8,11-16,19H2,1-6H3. The highest BCUT2D eigenvalue weighted by Gasteiger charge is 2.37. The van der Waals surface area contributed by atoms with Crippen LogP contribution in [0.5, 0.6) is 0 Å². The number of rotatable bonds is 7. The highest BCUT2D eigenvalue weighted by atomic mass is 19.4. The van der Waals surface area contributed by atoms with Crippen molar-refractivity contribution in [2.45, 2.75) is 77.8 Å². The van der Waals surface area contributed by atoms with Crippen molar-refractivity contribution < 1.29 is 22.8 Å². The third-order valence-electron chi connectivity index (χ3n) is 7.79. The first kappa shape index (κ1) is 30.0. The molecule has 0 N–H and O–H groups in total. The first-order valence-electron chi connectivity index (χ1n) is 14.0. The molecule has 0 radical (unpaired) electrons. The molecule has 1 amide bonds. The maximum atomic E-state index is 13.5. The SMILES string of the molecule is CC(=O)c1ccc2c(c1)C(C)(C)CC(=O)N2CCCCN1CCN(c2cc(C(F)(F)F)nc(C(C)(C)C)n2)CC1. The summed E-state index contributed by atoms with van der Waals surface area (Å²) in [4.78, 5) is 39.3. The molecule has 0 spiro atoms. The van der Waals surface area contributed by atoms with Gasteiger partial charge >= 0.3 is 6.18 Å². The van der Waals surface area contributed by atoms with E-state index in [9.17, 15) is 22.8 Å². The number of carbonyl (C=O) groups excluding carboxylic acids is 2. The van der Waals surface area contributed by atoms with E-state index < -0.39 is 17.3 Å². The fourth-order valence-electron chi connectivity index (χ4n) is 5.36.